The van der Waals surface area contributed by atoms with E-state index in [-0.39, 0.29) is 0 Å². The Morgan fingerprint density at radius 2 is 2.30 bits per heavy atom. The number of hydrogen-bond donors (Lipinski definition) is 1. The zero-order valence-electron chi connectivity index (χ0n) is 6.95. The van der Waals surface area contributed by atoms with Gasteiger partial charge in [-0.15, -0.1) is 0 Å². The van der Waals surface area contributed by atoms with Crippen LogP contribution in [0.2, 0.25) is 0 Å². The van der Waals surface area contributed by atoms with Gasteiger partial charge >= 0.3 is 0 Å². The van der Waals surface area contributed by atoms with Crippen LogP contribution < -0.4 is 5.32 Å². The van der Waals surface area contributed by atoms with Crippen molar-refractivity contribution in [3.05, 3.63) is 6.92 Å². The van der Waals surface area contributed by atoms with Gasteiger partial charge in [0.25, 0.3) is 0 Å². The zero-order chi connectivity index (χ0) is 7.45. The first kappa shape index (κ1) is 8.06. The summed E-state index contributed by atoms with van der Waals surface area (Å²) < 4.78 is 0. The van der Waals surface area contributed by atoms with Gasteiger partial charge in [0.05, 0.1) is 0 Å². The van der Waals surface area contributed by atoms with E-state index in [4.69, 9.17) is 0 Å². The predicted octanol–water partition coefficient (Wildman–Crippen LogP) is 2.13. The average molecular weight is 140 g/mol. The van der Waals surface area contributed by atoms with Crippen LogP contribution in [0.5, 0.6) is 0 Å². The molecule has 1 saturated heterocycles. The summed E-state index contributed by atoms with van der Waals surface area (Å²) in [6.07, 6.45) is 6.37. The Bertz CT molecular complexity index is 87.4. The summed E-state index contributed by atoms with van der Waals surface area (Å²) in [7, 11) is 0. The maximum absolute atomic E-state index is 3.88. The molecule has 1 heterocycles. The normalized spacial score (nSPS) is 34.2. The van der Waals surface area contributed by atoms with E-state index < -0.39 is 0 Å². The van der Waals surface area contributed by atoms with Crippen LogP contribution in [-0.2, 0) is 0 Å². The summed E-state index contributed by atoms with van der Waals surface area (Å²) in [5, 5.41) is 3.56. The lowest BCUT2D eigenvalue weighted by molar-refractivity contribution is 0.262. The molecule has 1 unspecified atom stereocenters. The van der Waals surface area contributed by atoms with Crippen LogP contribution in [-0.4, -0.2) is 12.1 Å². The highest BCUT2D eigenvalue weighted by Gasteiger charge is 2.24. The van der Waals surface area contributed by atoms with Crippen molar-refractivity contribution in [2.45, 2.75) is 44.6 Å². The Hall–Kier alpha value is -0.0400. The molecule has 59 valence electrons. The van der Waals surface area contributed by atoms with Crippen molar-refractivity contribution in [1.29, 1.82) is 0 Å². The van der Waals surface area contributed by atoms with E-state index in [2.05, 4.69) is 19.2 Å². The number of rotatable bonds is 2. The molecule has 0 saturated carbocycles. The fourth-order valence-corrected chi connectivity index (χ4v) is 1.72. The summed E-state index contributed by atoms with van der Waals surface area (Å²) in [4.78, 5) is 0. The molecule has 1 radical (unpaired) electrons. The molecular weight excluding hydrogens is 122 g/mol. The summed E-state index contributed by atoms with van der Waals surface area (Å²) in [6.45, 7) is 7.41. The lowest BCUT2D eigenvalue weighted by Gasteiger charge is -2.34. The Labute approximate surface area is 64.2 Å². The Morgan fingerprint density at radius 1 is 1.50 bits per heavy atom. The molecule has 0 spiro atoms. The standard InChI is InChI=1S/C9H18N/c1-3-6-9(2)7-4-5-8-10-9/h10H,1,3-8H2,2H3. The zero-order valence-corrected chi connectivity index (χ0v) is 6.95. The van der Waals surface area contributed by atoms with Gasteiger partial charge in [-0.3, -0.25) is 0 Å². The van der Waals surface area contributed by atoms with Crippen LogP contribution in [0.1, 0.15) is 39.0 Å². The minimum absolute atomic E-state index is 0.417. The second-order valence-corrected chi connectivity index (χ2v) is 3.55. The molecule has 1 nitrogen and oxygen atoms in total. The fraction of sp³-hybridized carbons (Fsp3) is 0.889. The van der Waals surface area contributed by atoms with Gasteiger partial charge < -0.3 is 5.32 Å². The van der Waals surface area contributed by atoms with E-state index in [1.54, 1.807) is 0 Å². The summed E-state index contributed by atoms with van der Waals surface area (Å²) in [5.74, 6) is 0. The molecule has 1 rings (SSSR count). The van der Waals surface area contributed by atoms with Crippen molar-refractivity contribution in [2.75, 3.05) is 6.54 Å². The molecule has 0 amide bonds. The van der Waals surface area contributed by atoms with Gasteiger partial charge in [0, 0.05) is 5.54 Å². The highest BCUT2D eigenvalue weighted by atomic mass is 15.0. The van der Waals surface area contributed by atoms with Crippen molar-refractivity contribution < 1.29 is 0 Å². The van der Waals surface area contributed by atoms with E-state index in [1.807, 2.05) is 0 Å². The first-order chi connectivity index (χ1) is 4.77. The van der Waals surface area contributed by atoms with E-state index in [0.29, 0.717) is 5.54 Å². The maximum atomic E-state index is 3.88. The molecule has 0 aromatic carbocycles. The van der Waals surface area contributed by atoms with Crippen LogP contribution in [0.15, 0.2) is 0 Å². The van der Waals surface area contributed by atoms with E-state index in [0.717, 1.165) is 6.42 Å². The topological polar surface area (TPSA) is 12.0 Å². The number of hydrogen-bond acceptors (Lipinski definition) is 1. The quantitative estimate of drug-likeness (QED) is 0.619. The molecule has 1 aliphatic heterocycles. The fourth-order valence-electron chi connectivity index (χ4n) is 1.72. The molecule has 1 atom stereocenters. The second kappa shape index (κ2) is 3.38. The van der Waals surface area contributed by atoms with Gasteiger partial charge in [0.1, 0.15) is 0 Å². The lowest BCUT2D eigenvalue weighted by atomic mass is 9.87. The van der Waals surface area contributed by atoms with E-state index >= 15 is 0 Å². The van der Waals surface area contributed by atoms with Gasteiger partial charge in [-0.25, -0.2) is 0 Å². The molecule has 10 heavy (non-hydrogen) atoms. The van der Waals surface area contributed by atoms with Crippen LogP contribution in [0.25, 0.3) is 0 Å². The Kier molecular flexibility index (Phi) is 2.72. The summed E-state index contributed by atoms with van der Waals surface area (Å²) in [6, 6.07) is 0. The third-order valence-electron chi connectivity index (χ3n) is 2.44. The van der Waals surface area contributed by atoms with Crippen molar-refractivity contribution in [3.8, 4) is 0 Å². The Morgan fingerprint density at radius 3 is 2.80 bits per heavy atom. The van der Waals surface area contributed by atoms with Crippen molar-refractivity contribution in [3.63, 3.8) is 0 Å². The molecule has 0 aliphatic carbocycles. The Balaban J connectivity index is 2.32. The smallest absolute Gasteiger partial charge is 0.0153 e. The molecule has 1 fully saturated rings. The van der Waals surface area contributed by atoms with Crippen molar-refractivity contribution >= 4 is 0 Å². The average Bonchev–Trinajstić information content (AvgIpc) is 1.89. The minimum Gasteiger partial charge on any atom is -0.312 e. The van der Waals surface area contributed by atoms with Gasteiger partial charge in [-0.2, -0.15) is 0 Å². The highest BCUT2D eigenvalue weighted by Crippen LogP contribution is 2.22. The molecule has 1 aliphatic rings. The third kappa shape index (κ3) is 1.98. The second-order valence-electron chi connectivity index (χ2n) is 3.55. The lowest BCUT2D eigenvalue weighted by Crippen LogP contribution is -2.45. The first-order valence-electron chi connectivity index (χ1n) is 4.31. The third-order valence-corrected chi connectivity index (χ3v) is 2.44. The van der Waals surface area contributed by atoms with Crippen LogP contribution in [0.3, 0.4) is 0 Å². The molecular formula is C9H18N. The van der Waals surface area contributed by atoms with Crippen molar-refractivity contribution in [2.24, 2.45) is 0 Å². The van der Waals surface area contributed by atoms with E-state index in [9.17, 15) is 0 Å². The number of piperidine rings is 1. The molecule has 0 bridgehead atoms. The van der Waals surface area contributed by atoms with E-state index in [1.165, 1.54) is 32.2 Å². The molecule has 0 aromatic rings. The molecule has 1 heteroatoms. The first-order valence-corrected chi connectivity index (χ1v) is 4.31. The monoisotopic (exact) mass is 140 g/mol. The largest absolute Gasteiger partial charge is 0.312 e. The number of nitrogens with one attached hydrogen (secondary N) is 1. The van der Waals surface area contributed by atoms with Crippen LogP contribution in [0.4, 0.5) is 0 Å². The molecule has 1 N–H and O–H groups in total. The SMILES string of the molecule is [CH2]CCC1(C)CCCCN1. The highest BCUT2D eigenvalue weighted by molar-refractivity contribution is 4.86. The maximum Gasteiger partial charge on any atom is 0.0153 e. The summed E-state index contributed by atoms with van der Waals surface area (Å²) in [5.41, 5.74) is 0.417. The van der Waals surface area contributed by atoms with Crippen LogP contribution >= 0.6 is 0 Å². The molecule has 0 aromatic heterocycles. The van der Waals surface area contributed by atoms with Gasteiger partial charge in [-0.05, 0) is 32.7 Å². The van der Waals surface area contributed by atoms with Gasteiger partial charge in [-0.1, -0.05) is 19.8 Å². The van der Waals surface area contributed by atoms with Gasteiger partial charge in [0.15, 0.2) is 0 Å². The van der Waals surface area contributed by atoms with Crippen molar-refractivity contribution in [1.82, 2.24) is 5.32 Å². The minimum atomic E-state index is 0.417. The summed E-state index contributed by atoms with van der Waals surface area (Å²) >= 11 is 0. The van der Waals surface area contributed by atoms with Crippen LogP contribution in [0, 0.1) is 6.92 Å². The van der Waals surface area contributed by atoms with Gasteiger partial charge in [0.2, 0.25) is 0 Å². The predicted molar refractivity (Wildman–Crippen MR) is 44.8 cm³/mol.